The number of hydrogen-bond donors (Lipinski definition) is 4. The molecule has 1 amide bonds. The van der Waals surface area contributed by atoms with Crippen LogP contribution >= 0.6 is 0 Å². The van der Waals surface area contributed by atoms with Crippen LogP contribution in [0.1, 0.15) is 26.2 Å². The molecule has 0 unspecified atom stereocenters. The molecule has 0 spiro atoms. The van der Waals surface area contributed by atoms with Gasteiger partial charge in [-0.3, -0.25) is 9.59 Å². The average molecular weight is 244 g/mol. The molecule has 0 aromatic carbocycles. The van der Waals surface area contributed by atoms with Gasteiger partial charge in [0.15, 0.2) is 0 Å². The summed E-state index contributed by atoms with van der Waals surface area (Å²) in [6.45, 7) is 1.82. The molecular weight excluding hydrogens is 227 g/mol. The largest absolute Gasteiger partial charge is 0.481 e. The van der Waals surface area contributed by atoms with E-state index >= 15 is 0 Å². The van der Waals surface area contributed by atoms with Crippen molar-refractivity contribution in [2.45, 2.75) is 37.7 Å². The smallest absolute Gasteiger partial charge is 0.475 e. The third kappa shape index (κ3) is 2.96. The average Bonchev–Trinajstić information content (AvgIpc) is 2.53. The van der Waals surface area contributed by atoms with Crippen LogP contribution in [0.25, 0.3) is 0 Å². The van der Waals surface area contributed by atoms with Gasteiger partial charge >= 0.3 is 13.1 Å². The van der Waals surface area contributed by atoms with Crippen molar-refractivity contribution in [3.05, 3.63) is 0 Å². The Morgan fingerprint density at radius 1 is 1.65 bits per heavy atom. The lowest BCUT2D eigenvalue weighted by Gasteiger charge is -2.26. The van der Waals surface area contributed by atoms with Crippen LogP contribution in [0, 0.1) is 0 Å². The fourth-order valence-corrected chi connectivity index (χ4v) is 1.93. The summed E-state index contributed by atoms with van der Waals surface area (Å²) in [5.41, 5.74) is 4.67. The van der Waals surface area contributed by atoms with Gasteiger partial charge in [-0.25, -0.2) is 0 Å². The summed E-state index contributed by atoms with van der Waals surface area (Å²) in [6, 6.07) is 0. The van der Waals surface area contributed by atoms with Crippen molar-refractivity contribution < 1.29 is 24.7 Å². The van der Waals surface area contributed by atoms with Crippen molar-refractivity contribution in [1.82, 2.24) is 4.90 Å². The Morgan fingerprint density at radius 2 is 2.24 bits per heavy atom. The maximum absolute atomic E-state index is 12.0. The summed E-state index contributed by atoms with van der Waals surface area (Å²) in [7, 11) is -1.62. The number of amides is 1. The molecule has 17 heavy (non-hydrogen) atoms. The lowest BCUT2D eigenvalue weighted by atomic mass is 9.79. The highest BCUT2D eigenvalue weighted by molar-refractivity contribution is 6.43. The fourth-order valence-electron chi connectivity index (χ4n) is 1.93. The van der Waals surface area contributed by atoms with E-state index in [2.05, 4.69) is 0 Å². The first kappa shape index (κ1) is 13.9. The van der Waals surface area contributed by atoms with Gasteiger partial charge in [0, 0.05) is 13.0 Å². The van der Waals surface area contributed by atoms with Gasteiger partial charge in [-0.15, -0.1) is 0 Å². The predicted octanol–water partition coefficient (Wildman–Crippen LogP) is -1.82. The van der Waals surface area contributed by atoms with Gasteiger partial charge < -0.3 is 25.8 Å². The molecule has 0 aromatic heterocycles. The maximum Gasteiger partial charge on any atom is 0.475 e. The van der Waals surface area contributed by atoms with Crippen LogP contribution in [-0.4, -0.2) is 57.1 Å². The summed E-state index contributed by atoms with van der Waals surface area (Å²) in [5, 5.41) is 26.6. The highest BCUT2D eigenvalue weighted by Crippen LogP contribution is 2.27. The van der Waals surface area contributed by atoms with E-state index in [9.17, 15) is 9.59 Å². The van der Waals surface area contributed by atoms with Gasteiger partial charge in [0.1, 0.15) is 0 Å². The number of carbonyl (C=O) groups excluding carboxylic acids is 1. The molecule has 8 heteroatoms. The second kappa shape index (κ2) is 5.03. The number of nitrogens with zero attached hydrogens (tertiary/aromatic N) is 1. The van der Waals surface area contributed by atoms with Gasteiger partial charge in [0.05, 0.1) is 11.5 Å². The van der Waals surface area contributed by atoms with Crippen molar-refractivity contribution in [3.63, 3.8) is 0 Å². The SMILES string of the molecule is C[C@@H](B(O)O)N1CC[C@](N)(CCC(=O)O)C1=O. The first-order chi connectivity index (χ1) is 7.78. The molecule has 96 valence electrons. The number of likely N-dealkylation sites (tertiary alicyclic amines) is 1. The minimum atomic E-state index is -1.62. The first-order valence-electron chi connectivity index (χ1n) is 5.46. The van der Waals surface area contributed by atoms with E-state index in [-0.39, 0.29) is 12.8 Å². The van der Waals surface area contributed by atoms with Crippen LogP contribution in [0.4, 0.5) is 0 Å². The Morgan fingerprint density at radius 3 is 2.71 bits per heavy atom. The highest BCUT2D eigenvalue weighted by Gasteiger charge is 2.46. The Hall–Kier alpha value is -1.12. The van der Waals surface area contributed by atoms with Crippen LogP contribution in [0.5, 0.6) is 0 Å². The number of nitrogens with two attached hydrogens (primary N) is 1. The second-order valence-corrected chi connectivity index (χ2v) is 4.45. The Balaban J connectivity index is 2.68. The minimum Gasteiger partial charge on any atom is -0.481 e. The molecule has 0 radical (unpaired) electrons. The zero-order valence-electron chi connectivity index (χ0n) is 9.67. The summed E-state index contributed by atoms with van der Waals surface area (Å²) in [4.78, 5) is 23.7. The van der Waals surface area contributed by atoms with Gasteiger partial charge in [-0.05, 0) is 19.8 Å². The highest BCUT2D eigenvalue weighted by atomic mass is 16.4. The number of carbonyl (C=O) groups is 2. The van der Waals surface area contributed by atoms with Crippen LogP contribution in [0.3, 0.4) is 0 Å². The fraction of sp³-hybridized carbons (Fsp3) is 0.778. The summed E-state index contributed by atoms with van der Waals surface area (Å²) >= 11 is 0. The van der Waals surface area contributed by atoms with Gasteiger partial charge in [-0.2, -0.15) is 0 Å². The molecule has 1 saturated heterocycles. The normalized spacial score (nSPS) is 26.1. The lowest BCUT2D eigenvalue weighted by Crippen LogP contribution is -2.53. The lowest BCUT2D eigenvalue weighted by molar-refractivity contribution is -0.138. The molecule has 1 fully saturated rings. The van der Waals surface area contributed by atoms with Crippen molar-refractivity contribution in [1.29, 1.82) is 0 Å². The summed E-state index contributed by atoms with van der Waals surface area (Å²) < 4.78 is 0. The zero-order valence-corrected chi connectivity index (χ0v) is 9.67. The minimum absolute atomic E-state index is 0.0614. The molecule has 0 aromatic rings. The number of rotatable bonds is 5. The summed E-state index contributed by atoms with van der Waals surface area (Å²) in [5.74, 6) is -2.16. The number of hydrogen-bond acceptors (Lipinski definition) is 5. The maximum atomic E-state index is 12.0. The van der Waals surface area contributed by atoms with Gasteiger partial charge in [0.25, 0.3) is 0 Å². The molecule has 7 nitrogen and oxygen atoms in total. The molecule has 1 heterocycles. The molecule has 1 aliphatic rings. The predicted molar refractivity (Wildman–Crippen MR) is 59.8 cm³/mol. The van der Waals surface area contributed by atoms with E-state index in [1.54, 1.807) is 0 Å². The van der Waals surface area contributed by atoms with Crippen LogP contribution in [0.2, 0.25) is 0 Å². The topological polar surface area (TPSA) is 124 Å². The molecular formula is C9H17BN2O5. The quantitative estimate of drug-likeness (QED) is 0.422. The molecule has 2 atom stereocenters. The third-order valence-electron chi connectivity index (χ3n) is 3.19. The molecule has 0 aliphatic carbocycles. The molecule has 0 saturated carbocycles. The van der Waals surface area contributed by atoms with E-state index in [4.69, 9.17) is 20.9 Å². The van der Waals surface area contributed by atoms with Crippen molar-refractivity contribution >= 4 is 19.0 Å². The van der Waals surface area contributed by atoms with E-state index in [0.717, 1.165) is 0 Å². The Bertz CT molecular complexity index is 325. The third-order valence-corrected chi connectivity index (χ3v) is 3.19. The standard InChI is InChI=1S/C9H17BN2O5/c1-6(10(16)17)12-5-4-9(11,8(12)15)3-2-7(13)14/h6,16-17H,2-5,11H2,1H3,(H,13,14)/t6-,9+/m0/s1. The zero-order chi connectivity index (χ0) is 13.2. The first-order valence-corrected chi connectivity index (χ1v) is 5.46. The Kier molecular flexibility index (Phi) is 4.13. The van der Waals surface area contributed by atoms with E-state index in [1.807, 2.05) is 0 Å². The van der Waals surface area contributed by atoms with Crippen LogP contribution in [-0.2, 0) is 9.59 Å². The molecule has 0 bridgehead atoms. The van der Waals surface area contributed by atoms with Gasteiger partial charge in [0.2, 0.25) is 5.91 Å². The van der Waals surface area contributed by atoms with E-state index < -0.39 is 30.5 Å². The van der Waals surface area contributed by atoms with Crippen LogP contribution < -0.4 is 5.73 Å². The van der Waals surface area contributed by atoms with Crippen molar-refractivity contribution in [2.24, 2.45) is 5.73 Å². The molecule has 1 aliphatic heterocycles. The van der Waals surface area contributed by atoms with E-state index in [0.29, 0.717) is 13.0 Å². The molecule has 5 N–H and O–H groups in total. The number of aliphatic carboxylic acids is 1. The second-order valence-electron chi connectivity index (χ2n) is 4.45. The number of carboxylic acids is 1. The van der Waals surface area contributed by atoms with E-state index in [1.165, 1.54) is 11.8 Å². The Labute approximate surface area is 99.4 Å². The number of carboxylic acid groups (broad SMARTS) is 1. The van der Waals surface area contributed by atoms with Gasteiger partial charge in [-0.1, -0.05) is 0 Å². The summed E-state index contributed by atoms with van der Waals surface area (Å²) in [6.07, 6.45) is 0.216. The van der Waals surface area contributed by atoms with Crippen molar-refractivity contribution in [2.75, 3.05) is 6.54 Å². The monoisotopic (exact) mass is 244 g/mol. The molecule has 1 rings (SSSR count). The van der Waals surface area contributed by atoms with Crippen molar-refractivity contribution in [3.8, 4) is 0 Å². The van der Waals surface area contributed by atoms with Crippen LogP contribution in [0.15, 0.2) is 0 Å².